The Hall–Kier alpha value is -1.74. The molecule has 0 bridgehead atoms. The third-order valence-corrected chi connectivity index (χ3v) is 2.88. The average molecular weight is 228 g/mol. The molecule has 0 saturated heterocycles. The molecule has 1 unspecified atom stereocenters. The molecule has 1 atom stereocenters. The number of pyridine rings is 1. The molecule has 88 valence electrons. The fourth-order valence-electron chi connectivity index (χ4n) is 1.98. The third kappa shape index (κ3) is 2.34. The van der Waals surface area contributed by atoms with E-state index in [4.69, 9.17) is 5.73 Å². The Bertz CT molecular complexity index is 531. The quantitative estimate of drug-likeness (QED) is 0.818. The molecule has 3 nitrogen and oxygen atoms in total. The molecule has 17 heavy (non-hydrogen) atoms. The van der Waals surface area contributed by atoms with E-state index >= 15 is 0 Å². The zero-order chi connectivity index (χ0) is 12.3. The molecule has 0 saturated carbocycles. The number of rotatable bonds is 4. The van der Waals surface area contributed by atoms with Gasteiger partial charge in [0.2, 0.25) is 0 Å². The topological polar surface area (TPSA) is 56.0 Å². The monoisotopic (exact) mass is 228 g/mol. The van der Waals surface area contributed by atoms with Gasteiger partial charge in [0.25, 0.3) is 0 Å². The van der Waals surface area contributed by atoms with Crippen molar-refractivity contribution >= 4 is 16.6 Å². The summed E-state index contributed by atoms with van der Waals surface area (Å²) >= 11 is 0. The van der Waals surface area contributed by atoms with Crippen LogP contribution in [0.5, 0.6) is 0 Å². The van der Waals surface area contributed by atoms with Gasteiger partial charge in [-0.1, -0.05) is 31.5 Å². The number of ketones is 1. The van der Waals surface area contributed by atoms with Gasteiger partial charge in [-0.05, 0) is 17.9 Å². The number of carbonyl (C=O) groups excluding carboxylic acids is 1. The van der Waals surface area contributed by atoms with Crippen molar-refractivity contribution in [2.24, 2.45) is 5.73 Å². The first kappa shape index (κ1) is 11.7. The fraction of sp³-hybridized carbons (Fsp3) is 0.286. The summed E-state index contributed by atoms with van der Waals surface area (Å²) < 4.78 is 0. The maximum absolute atomic E-state index is 12.2. The minimum Gasteiger partial charge on any atom is -0.321 e. The first-order valence-electron chi connectivity index (χ1n) is 5.86. The number of hydrogen-bond acceptors (Lipinski definition) is 3. The van der Waals surface area contributed by atoms with E-state index in [2.05, 4.69) is 4.98 Å². The summed E-state index contributed by atoms with van der Waals surface area (Å²) in [5, 5.41) is 1.90. The van der Waals surface area contributed by atoms with Crippen LogP contribution in [-0.2, 0) is 0 Å². The van der Waals surface area contributed by atoms with Gasteiger partial charge >= 0.3 is 0 Å². The Balaban J connectivity index is 2.45. The Labute approximate surface area is 101 Å². The molecule has 0 aliphatic rings. The summed E-state index contributed by atoms with van der Waals surface area (Å²) in [6.45, 7) is 2.03. The Morgan fingerprint density at radius 3 is 3.00 bits per heavy atom. The number of fused-ring (bicyclic) bond motifs is 1. The summed E-state index contributed by atoms with van der Waals surface area (Å²) in [6, 6.07) is 7.11. The number of hydrogen-bond donors (Lipinski definition) is 1. The third-order valence-electron chi connectivity index (χ3n) is 2.88. The molecule has 2 N–H and O–H groups in total. The highest BCUT2D eigenvalue weighted by Gasteiger charge is 2.16. The smallest absolute Gasteiger partial charge is 0.180 e. The van der Waals surface area contributed by atoms with Crippen molar-refractivity contribution in [3.63, 3.8) is 0 Å². The van der Waals surface area contributed by atoms with Gasteiger partial charge in [-0.3, -0.25) is 9.78 Å². The Morgan fingerprint density at radius 2 is 2.24 bits per heavy atom. The number of aromatic nitrogens is 1. The van der Waals surface area contributed by atoms with E-state index in [0.717, 1.165) is 23.6 Å². The molecule has 1 heterocycles. The number of Topliss-reactive ketones (excluding diaryl/α,β-unsaturated/α-hetero) is 1. The van der Waals surface area contributed by atoms with Crippen molar-refractivity contribution in [2.75, 3.05) is 0 Å². The van der Waals surface area contributed by atoms with Crippen molar-refractivity contribution in [3.8, 4) is 0 Å². The second kappa shape index (κ2) is 5.06. The van der Waals surface area contributed by atoms with Crippen molar-refractivity contribution in [2.45, 2.75) is 25.8 Å². The average Bonchev–Trinajstić information content (AvgIpc) is 2.37. The molecule has 0 fully saturated rings. The molecule has 0 amide bonds. The summed E-state index contributed by atoms with van der Waals surface area (Å²) in [4.78, 5) is 16.3. The van der Waals surface area contributed by atoms with Crippen molar-refractivity contribution in [1.29, 1.82) is 0 Å². The maximum atomic E-state index is 12.2. The SMILES string of the molecule is CCCC(N)C(=O)c1cccc2cnccc12. The Morgan fingerprint density at radius 1 is 1.41 bits per heavy atom. The lowest BCUT2D eigenvalue weighted by Crippen LogP contribution is -2.30. The van der Waals surface area contributed by atoms with Gasteiger partial charge in [0.1, 0.15) is 0 Å². The van der Waals surface area contributed by atoms with Crippen LogP contribution in [0.4, 0.5) is 0 Å². The lowest BCUT2D eigenvalue weighted by atomic mass is 9.97. The summed E-state index contributed by atoms with van der Waals surface area (Å²) in [5.74, 6) is 0.0173. The molecule has 0 radical (unpaired) electrons. The summed E-state index contributed by atoms with van der Waals surface area (Å²) in [6.07, 6.45) is 5.10. The van der Waals surface area contributed by atoms with Gasteiger partial charge in [0.15, 0.2) is 5.78 Å². The number of carbonyl (C=O) groups is 1. The molecule has 0 aliphatic heterocycles. The first-order chi connectivity index (χ1) is 8.24. The second-order valence-corrected chi connectivity index (χ2v) is 4.16. The van der Waals surface area contributed by atoms with Crippen molar-refractivity contribution in [3.05, 3.63) is 42.2 Å². The van der Waals surface area contributed by atoms with Crippen LogP contribution in [0.1, 0.15) is 30.1 Å². The Kier molecular flexibility index (Phi) is 3.49. The highest BCUT2D eigenvalue weighted by atomic mass is 16.1. The van der Waals surface area contributed by atoms with Crippen molar-refractivity contribution < 1.29 is 4.79 Å². The van der Waals surface area contributed by atoms with Gasteiger partial charge in [-0.25, -0.2) is 0 Å². The zero-order valence-corrected chi connectivity index (χ0v) is 9.89. The van der Waals surface area contributed by atoms with Crippen LogP contribution < -0.4 is 5.73 Å². The predicted molar refractivity (Wildman–Crippen MR) is 69.0 cm³/mol. The molecular formula is C14H16N2O. The number of benzene rings is 1. The summed E-state index contributed by atoms with van der Waals surface area (Å²) in [5.41, 5.74) is 6.59. The van der Waals surface area contributed by atoms with Crippen LogP contribution in [-0.4, -0.2) is 16.8 Å². The van der Waals surface area contributed by atoms with E-state index in [-0.39, 0.29) is 5.78 Å². The van der Waals surface area contributed by atoms with Crippen LogP contribution in [0.25, 0.3) is 10.8 Å². The summed E-state index contributed by atoms with van der Waals surface area (Å²) in [7, 11) is 0. The molecule has 1 aromatic carbocycles. The molecule has 2 rings (SSSR count). The van der Waals surface area contributed by atoms with E-state index in [1.54, 1.807) is 12.4 Å². The molecular weight excluding hydrogens is 212 g/mol. The molecule has 2 aromatic rings. The molecule has 3 heteroatoms. The predicted octanol–water partition coefficient (Wildman–Crippen LogP) is 2.54. The van der Waals surface area contributed by atoms with Crippen LogP contribution in [0.15, 0.2) is 36.7 Å². The van der Waals surface area contributed by atoms with Crippen LogP contribution in [0.2, 0.25) is 0 Å². The largest absolute Gasteiger partial charge is 0.321 e. The second-order valence-electron chi connectivity index (χ2n) is 4.16. The maximum Gasteiger partial charge on any atom is 0.180 e. The molecule has 0 aliphatic carbocycles. The van der Waals surface area contributed by atoms with E-state index in [9.17, 15) is 4.79 Å². The zero-order valence-electron chi connectivity index (χ0n) is 9.89. The molecule has 0 spiro atoms. The van der Waals surface area contributed by atoms with Crippen LogP contribution >= 0.6 is 0 Å². The fourth-order valence-corrected chi connectivity index (χ4v) is 1.98. The van der Waals surface area contributed by atoms with Gasteiger partial charge in [0, 0.05) is 23.3 Å². The molecule has 1 aromatic heterocycles. The van der Waals surface area contributed by atoms with E-state index in [1.165, 1.54) is 0 Å². The van der Waals surface area contributed by atoms with Crippen LogP contribution in [0, 0.1) is 0 Å². The minimum absolute atomic E-state index is 0.0173. The number of nitrogens with zero attached hydrogens (tertiary/aromatic N) is 1. The first-order valence-corrected chi connectivity index (χ1v) is 5.86. The minimum atomic E-state index is -0.404. The van der Waals surface area contributed by atoms with Gasteiger partial charge in [-0.15, -0.1) is 0 Å². The number of nitrogens with two attached hydrogens (primary N) is 1. The van der Waals surface area contributed by atoms with Gasteiger partial charge in [0.05, 0.1) is 6.04 Å². The highest BCUT2D eigenvalue weighted by molar-refractivity contribution is 6.10. The van der Waals surface area contributed by atoms with E-state index < -0.39 is 6.04 Å². The van der Waals surface area contributed by atoms with Gasteiger partial charge in [-0.2, -0.15) is 0 Å². The van der Waals surface area contributed by atoms with Crippen LogP contribution in [0.3, 0.4) is 0 Å². The normalized spacial score (nSPS) is 12.6. The van der Waals surface area contributed by atoms with Gasteiger partial charge < -0.3 is 5.73 Å². The standard InChI is InChI=1S/C14H16N2O/c1-2-4-13(15)14(17)12-6-3-5-10-9-16-8-7-11(10)12/h3,5-9,13H,2,4,15H2,1H3. The lowest BCUT2D eigenvalue weighted by molar-refractivity contribution is 0.0958. The van der Waals surface area contributed by atoms with E-state index in [0.29, 0.717) is 5.56 Å². The van der Waals surface area contributed by atoms with E-state index in [1.807, 2.05) is 31.2 Å². The highest BCUT2D eigenvalue weighted by Crippen LogP contribution is 2.19. The lowest BCUT2D eigenvalue weighted by Gasteiger charge is -2.11. The van der Waals surface area contributed by atoms with Crippen molar-refractivity contribution in [1.82, 2.24) is 4.98 Å².